The van der Waals surface area contributed by atoms with Crippen LogP contribution in [0.5, 0.6) is 0 Å². The van der Waals surface area contributed by atoms with Crippen LogP contribution in [0, 0.1) is 6.29 Å². The molecule has 1 aliphatic rings. The van der Waals surface area contributed by atoms with Crippen molar-refractivity contribution in [3.05, 3.63) is 18.2 Å². The first-order valence-corrected chi connectivity index (χ1v) is 2.12. The summed E-state index contributed by atoms with van der Waals surface area (Å²) in [4.78, 5) is 3.60. The highest BCUT2D eigenvalue weighted by atomic mass is 16.3. The molecule has 0 unspecified atom stereocenters. The molecule has 4 N–H and O–H groups in total. The molecule has 0 aromatic heterocycles. The Kier molecular flexibility index (Phi) is 1.17. The summed E-state index contributed by atoms with van der Waals surface area (Å²) in [5, 5.41) is 11.0. The van der Waals surface area contributed by atoms with Crippen molar-refractivity contribution in [1.29, 1.82) is 0 Å². The lowest BCUT2D eigenvalue weighted by atomic mass is 10.5. The molecule has 0 amide bonds. The molecule has 0 fully saturated rings. The normalized spacial score (nSPS) is 19.9. The predicted octanol–water partition coefficient (Wildman–Crippen LogP) is -0.535. The first-order chi connectivity index (χ1) is 3.79. The van der Waals surface area contributed by atoms with Gasteiger partial charge in [-0.25, -0.2) is 4.99 Å². The fourth-order valence-electron chi connectivity index (χ4n) is 0.393. The van der Waals surface area contributed by atoms with Crippen LogP contribution in [-0.2, 0) is 0 Å². The molecule has 0 saturated carbocycles. The summed E-state index contributed by atoms with van der Waals surface area (Å²) >= 11 is 0. The molecule has 1 heterocycles. The van der Waals surface area contributed by atoms with Gasteiger partial charge in [-0.05, 0) is 0 Å². The Balaban J connectivity index is 2.59. The van der Waals surface area contributed by atoms with Gasteiger partial charge in [0.25, 0.3) is 0 Å². The summed E-state index contributed by atoms with van der Waals surface area (Å²) in [6.07, 6.45) is 3.04. The van der Waals surface area contributed by atoms with Crippen LogP contribution in [0.25, 0.3) is 0 Å². The Hall–Kier alpha value is -1.03. The van der Waals surface area contributed by atoms with Gasteiger partial charge in [-0.3, -0.25) is 5.73 Å². The van der Waals surface area contributed by atoms with Gasteiger partial charge in [-0.1, -0.05) is 0 Å². The van der Waals surface area contributed by atoms with Crippen molar-refractivity contribution in [2.24, 2.45) is 10.7 Å². The van der Waals surface area contributed by atoms with Crippen molar-refractivity contribution in [1.82, 2.24) is 5.32 Å². The van der Waals surface area contributed by atoms with E-state index in [4.69, 9.17) is 10.8 Å². The van der Waals surface area contributed by atoms with Crippen molar-refractivity contribution in [2.75, 3.05) is 0 Å². The van der Waals surface area contributed by atoms with Crippen LogP contribution < -0.4 is 11.1 Å². The highest BCUT2D eigenvalue weighted by Gasteiger charge is 2.03. The molecular formula is C4H6N3O. The molecule has 0 spiro atoms. The largest absolute Gasteiger partial charge is 0.495 e. The van der Waals surface area contributed by atoms with Crippen molar-refractivity contribution in [2.45, 2.75) is 0 Å². The second-order valence-electron chi connectivity index (χ2n) is 1.34. The fourth-order valence-corrected chi connectivity index (χ4v) is 0.393. The summed E-state index contributed by atoms with van der Waals surface area (Å²) in [6, 6.07) is 0. The average molecular weight is 112 g/mol. The number of rotatable bonds is 0. The van der Waals surface area contributed by atoms with Gasteiger partial charge in [-0.15, -0.1) is 0 Å². The molecular weight excluding hydrogens is 106 g/mol. The van der Waals surface area contributed by atoms with Crippen LogP contribution >= 0.6 is 0 Å². The summed E-state index contributed by atoms with van der Waals surface area (Å²) in [5.41, 5.74) is 5.13. The minimum Gasteiger partial charge on any atom is -0.495 e. The van der Waals surface area contributed by atoms with E-state index in [1.807, 2.05) is 0 Å². The number of nitrogens with zero attached hydrogens (tertiary/aromatic N) is 1. The Labute approximate surface area is 46.7 Å². The quantitative estimate of drug-likeness (QED) is 0.394. The molecule has 0 atom stereocenters. The van der Waals surface area contributed by atoms with Gasteiger partial charge in [0, 0.05) is 12.3 Å². The average Bonchev–Trinajstić information content (AvgIpc) is 1.64. The smallest absolute Gasteiger partial charge is 0.244 e. The number of nitrogens with two attached hydrogens (primary N) is 1. The number of aliphatic hydroxyl groups is 1. The third-order valence-corrected chi connectivity index (χ3v) is 0.702. The topological polar surface area (TPSA) is 70.6 Å². The van der Waals surface area contributed by atoms with E-state index in [0.29, 0.717) is 0 Å². The molecule has 1 radical (unpaired) electrons. The summed E-state index contributed by atoms with van der Waals surface area (Å²) in [5.74, 6) is 0.0255. The number of hydrogen-bond acceptors (Lipinski definition) is 4. The molecule has 43 valence electrons. The minimum atomic E-state index is 0.0255. The maximum absolute atomic E-state index is 8.64. The summed E-state index contributed by atoms with van der Waals surface area (Å²) < 4.78 is 0. The lowest BCUT2D eigenvalue weighted by Gasteiger charge is -2.09. The highest BCUT2D eigenvalue weighted by Crippen LogP contribution is 1.94. The van der Waals surface area contributed by atoms with Crippen LogP contribution in [0.4, 0.5) is 0 Å². The third-order valence-electron chi connectivity index (χ3n) is 0.702. The number of aliphatic hydroxyl groups excluding tert-OH is 1. The van der Waals surface area contributed by atoms with Gasteiger partial charge in [0.05, 0.1) is 0 Å². The van der Waals surface area contributed by atoms with Crippen molar-refractivity contribution in [3.63, 3.8) is 0 Å². The van der Waals surface area contributed by atoms with E-state index in [9.17, 15) is 0 Å². The molecule has 0 aromatic rings. The lowest BCUT2D eigenvalue weighted by Crippen LogP contribution is -2.28. The molecule has 0 bridgehead atoms. The Morgan fingerprint density at radius 2 is 2.50 bits per heavy atom. The second-order valence-corrected chi connectivity index (χ2v) is 1.34. The standard InChI is InChI=1S/C4H6N3O/c5-4-6-2-1-3(8)7-4/h1-2,7-8H,5H2. The number of aliphatic imine (C=N–C) groups is 1. The SMILES string of the molecule is N[C]1N=CC=C(O)N1. The molecule has 0 saturated heterocycles. The van der Waals surface area contributed by atoms with Crippen LogP contribution in [0.1, 0.15) is 0 Å². The van der Waals surface area contributed by atoms with Gasteiger partial charge in [0.15, 0.2) is 5.88 Å². The highest BCUT2D eigenvalue weighted by molar-refractivity contribution is 5.73. The maximum Gasteiger partial charge on any atom is 0.244 e. The van der Waals surface area contributed by atoms with Crippen LogP contribution in [0.2, 0.25) is 0 Å². The third kappa shape index (κ3) is 0.974. The Morgan fingerprint density at radius 1 is 1.75 bits per heavy atom. The first kappa shape index (κ1) is 5.11. The molecule has 8 heavy (non-hydrogen) atoms. The van der Waals surface area contributed by atoms with Crippen LogP contribution in [0.3, 0.4) is 0 Å². The van der Waals surface area contributed by atoms with Crippen molar-refractivity contribution in [3.8, 4) is 0 Å². The zero-order valence-corrected chi connectivity index (χ0v) is 4.13. The Bertz CT molecular complexity index is 140. The van der Waals surface area contributed by atoms with Gasteiger partial charge in [0.1, 0.15) is 0 Å². The predicted molar refractivity (Wildman–Crippen MR) is 29.8 cm³/mol. The molecule has 0 aliphatic carbocycles. The van der Waals surface area contributed by atoms with E-state index in [-0.39, 0.29) is 12.2 Å². The molecule has 1 aliphatic heterocycles. The second kappa shape index (κ2) is 1.83. The van der Waals surface area contributed by atoms with Crippen molar-refractivity contribution >= 4 is 6.21 Å². The minimum absolute atomic E-state index is 0.0255. The summed E-state index contributed by atoms with van der Waals surface area (Å²) in [6.45, 7) is 0. The van der Waals surface area contributed by atoms with Gasteiger partial charge in [-0.2, -0.15) is 0 Å². The molecule has 0 aromatic carbocycles. The molecule has 4 nitrogen and oxygen atoms in total. The number of nitrogens with one attached hydrogen (secondary N) is 1. The van der Waals surface area contributed by atoms with E-state index in [1.165, 1.54) is 12.3 Å². The van der Waals surface area contributed by atoms with E-state index >= 15 is 0 Å². The summed E-state index contributed by atoms with van der Waals surface area (Å²) in [7, 11) is 0. The van der Waals surface area contributed by atoms with Crippen molar-refractivity contribution < 1.29 is 5.11 Å². The molecule has 4 heteroatoms. The fraction of sp³-hybridized carbons (Fsp3) is 0. The number of allylic oxidation sites excluding steroid dienone is 1. The lowest BCUT2D eigenvalue weighted by molar-refractivity contribution is 0.364. The van der Waals surface area contributed by atoms with E-state index < -0.39 is 0 Å². The zero-order valence-electron chi connectivity index (χ0n) is 4.13. The van der Waals surface area contributed by atoms with Gasteiger partial charge >= 0.3 is 0 Å². The van der Waals surface area contributed by atoms with E-state index in [1.54, 1.807) is 0 Å². The van der Waals surface area contributed by atoms with Gasteiger partial charge in [0.2, 0.25) is 6.29 Å². The first-order valence-electron chi connectivity index (χ1n) is 2.12. The van der Waals surface area contributed by atoms with Crippen LogP contribution in [-0.4, -0.2) is 11.3 Å². The zero-order chi connectivity index (χ0) is 5.98. The number of hydrogen-bond donors (Lipinski definition) is 3. The monoisotopic (exact) mass is 112 g/mol. The Morgan fingerprint density at radius 3 is 2.88 bits per heavy atom. The maximum atomic E-state index is 8.64. The van der Waals surface area contributed by atoms with E-state index in [2.05, 4.69) is 10.3 Å². The van der Waals surface area contributed by atoms with E-state index in [0.717, 1.165) is 0 Å². The van der Waals surface area contributed by atoms with Crippen LogP contribution in [0.15, 0.2) is 17.0 Å². The van der Waals surface area contributed by atoms with Gasteiger partial charge < -0.3 is 10.4 Å². The molecule has 1 rings (SSSR count).